The van der Waals surface area contributed by atoms with Gasteiger partial charge in [-0.2, -0.15) is 0 Å². The minimum absolute atomic E-state index is 0. The number of rotatable bonds is 0. The van der Waals surface area contributed by atoms with E-state index in [9.17, 15) is 0 Å². The average molecular weight is 345 g/mol. The van der Waals surface area contributed by atoms with E-state index in [4.69, 9.17) is 4.74 Å². The predicted molar refractivity (Wildman–Crippen MR) is 51.0 cm³/mol. The average Bonchev–Trinajstić information content (AvgIpc) is 2.13. The van der Waals surface area contributed by atoms with Gasteiger partial charge >= 0.3 is 0 Å². The zero-order chi connectivity index (χ0) is 9.11. The Kier molecular flexibility index (Phi) is 27.0. The molecule has 0 aromatic heterocycles. The summed E-state index contributed by atoms with van der Waals surface area (Å²) in [6.07, 6.45) is 0.425. The van der Waals surface area contributed by atoms with Gasteiger partial charge in [0, 0.05) is 34.2 Å². The van der Waals surface area contributed by atoms with Gasteiger partial charge in [-0.3, -0.25) is 0 Å². The molecule has 76 valence electrons. The summed E-state index contributed by atoms with van der Waals surface area (Å²) in [4.78, 5) is 0. The number of nitrogens with one attached hydrogen (secondary N) is 1. The van der Waals surface area contributed by atoms with E-state index < -0.39 is 0 Å². The fraction of sp³-hybridized carbons (Fsp3) is 1.00. The first-order valence-electron chi connectivity index (χ1n) is 4.72. The Labute approximate surface area is 91.7 Å². The molecular weight excluding hydrogens is 322 g/mol. The van der Waals surface area contributed by atoms with Crippen LogP contribution in [0.25, 0.3) is 0 Å². The van der Waals surface area contributed by atoms with Gasteiger partial charge < -0.3 is 10.1 Å². The molecule has 0 aromatic rings. The van der Waals surface area contributed by atoms with Gasteiger partial charge in [0.05, 0.1) is 12.7 Å². The van der Waals surface area contributed by atoms with Crippen LogP contribution in [0.15, 0.2) is 0 Å². The Morgan fingerprint density at radius 3 is 1.83 bits per heavy atom. The molecule has 1 saturated heterocycles. The van der Waals surface area contributed by atoms with E-state index in [0.29, 0.717) is 6.10 Å². The summed E-state index contributed by atoms with van der Waals surface area (Å²) in [6.45, 7) is 13.0. The van der Waals surface area contributed by atoms with E-state index in [1.165, 1.54) is 0 Å². The normalized spacial score (nSPS) is 20.2. The first-order valence-corrected chi connectivity index (χ1v) is 4.72. The predicted octanol–water partition coefficient (Wildman–Crippen LogP) is 2.04. The van der Waals surface area contributed by atoms with Crippen molar-refractivity contribution in [3.05, 3.63) is 0 Å². The van der Waals surface area contributed by atoms with Crippen LogP contribution in [0.1, 0.15) is 34.6 Å². The molecular formula is C9H23NOW. The van der Waals surface area contributed by atoms with Crippen LogP contribution in [-0.2, 0) is 25.8 Å². The van der Waals surface area contributed by atoms with Crippen molar-refractivity contribution in [3.8, 4) is 0 Å². The summed E-state index contributed by atoms with van der Waals surface area (Å²) in [6, 6.07) is 0. The molecule has 12 heavy (non-hydrogen) atoms. The van der Waals surface area contributed by atoms with Gasteiger partial charge in [0.1, 0.15) is 0 Å². The fourth-order valence-corrected chi connectivity index (χ4v) is 0.697. The van der Waals surface area contributed by atoms with Crippen LogP contribution in [-0.4, -0.2) is 25.8 Å². The molecule has 0 amide bonds. The molecule has 1 rings (SSSR count). The summed E-state index contributed by atoms with van der Waals surface area (Å²) in [7, 11) is 0. The summed E-state index contributed by atoms with van der Waals surface area (Å²) >= 11 is 0. The van der Waals surface area contributed by atoms with Gasteiger partial charge in [-0.05, 0) is 6.92 Å². The molecule has 0 saturated carbocycles. The van der Waals surface area contributed by atoms with Crippen molar-refractivity contribution in [1.82, 2.24) is 5.32 Å². The maximum atomic E-state index is 5.22. The standard InChI is InChI=1S/C5H11NO.2C2H6.W/c1-5-4-6-2-3-7-5;2*1-2;/h5-6H,2-4H2,1H3;2*1-2H3;. The minimum atomic E-state index is 0. The zero-order valence-corrected chi connectivity index (χ0v) is 11.9. The maximum Gasteiger partial charge on any atom is 0.0672 e. The number of hydrogen-bond donors (Lipinski definition) is 1. The molecule has 0 aliphatic carbocycles. The van der Waals surface area contributed by atoms with E-state index in [1.54, 1.807) is 0 Å². The van der Waals surface area contributed by atoms with Gasteiger partial charge in [-0.1, -0.05) is 27.7 Å². The molecule has 1 atom stereocenters. The fourth-order valence-electron chi connectivity index (χ4n) is 0.697. The summed E-state index contributed by atoms with van der Waals surface area (Å²) in [5, 5.41) is 3.21. The third-order valence-corrected chi connectivity index (χ3v) is 1.11. The first kappa shape index (κ1) is 18.4. The van der Waals surface area contributed by atoms with E-state index in [-0.39, 0.29) is 21.1 Å². The third kappa shape index (κ3) is 13.2. The van der Waals surface area contributed by atoms with Gasteiger partial charge in [-0.25, -0.2) is 0 Å². The van der Waals surface area contributed by atoms with Crippen LogP contribution in [0.4, 0.5) is 0 Å². The Balaban J connectivity index is -0.000000144. The SMILES string of the molecule is CC.CC.CC1CNCCO1.[W]. The van der Waals surface area contributed by atoms with Crippen molar-refractivity contribution >= 4 is 0 Å². The second kappa shape index (κ2) is 17.6. The first-order chi connectivity index (χ1) is 5.39. The largest absolute Gasteiger partial charge is 0.376 e. The van der Waals surface area contributed by atoms with Gasteiger partial charge in [-0.15, -0.1) is 0 Å². The van der Waals surface area contributed by atoms with E-state index >= 15 is 0 Å². The van der Waals surface area contributed by atoms with Crippen molar-refractivity contribution in [2.45, 2.75) is 40.7 Å². The molecule has 3 heteroatoms. The molecule has 2 nitrogen and oxygen atoms in total. The summed E-state index contributed by atoms with van der Waals surface area (Å²) < 4.78 is 5.22. The van der Waals surface area contributed by atoms with Crippen LogP contribution < -0.4 is 5.32 Å². The molecule has 0 bridgehead atoms. The van der Waals surface area contributed by atoms with Crippen LogP contribution >= 0.6 is 0 Å². The molecule has 1 N–H and O–H groups in total. The minimum Gasteiger partial charge on any atom is -0.376 e. The third-order valence-electron chi connectivity index (χ3n) is 1.11. The van der Waals surface area contributed by atoms with E-state index in [0.717, 1.165) is 19.7 Å². The Morgan fingerprint density at radius 2 is 1.67 bits per heavy atom. The van der Waals surface area contributed by atoms with Gasteiger partial charge in [0.2, 0.25) is 0 Å². The second-order valence-electron chi connectivity index (χ2n) is 1.89. The second-order valence-corrected chi connectivity index (χ2v) is 1.89. The van der Waals surface area contributed by atoms with Crippen LogP contribution in [0.2, 0.25) is 0 Å². The molecule has 0 spiro atoms. The van der Waals surface area contributed by atoms with E-state index in [1.807, 2.05) is 27.7 Å². The summed E-state index contributed by atoms with van der Waals surface area (Å²) in [5.41, 5.74) is 0. The molecule has 1 unspecified atom stereocenters. The Bertz CT molecular complexity index is 56.5. The van der Waals surface area contributed by atoms with Crippen LogP contribution in [0.5, 0.6) is 0 Å². The Hall–Kier alpha value is 0.608. The van der Waals surface area contributed by atoms with E-state index in [2.05, 4.69) is 12.2 Å². The van der Waals surface area contributed by atoms with Gasteiger partial charge in [0.15, 0.2) is 0 Å². The monoisotopic (exact) mass is 345 g/mol. The maximum absolute atomic E-state index is 5.22. The Morgan fingerprint density at radius 1 is 1.17 bits per heavy atom. The quantitative estimate of drug-likeness (QED) is 0.726. The molecule has 0 aromatic carbocycles. The van der Waals surface area contributed by atoms with Crippen LogP contribution in [0.3, 0.4) is 0 Å². The topological polar surface area (TPSA) is 21.3 Å². The van der Waals surface area contributed by atoms with Crippen molar-refractivity contribution in [2.24, 2.45) is 0 Å². The van der Waals surface area contributed by atoms with Crippen molar-refractivity contribution in [3.63, 3.8) is 0 Å². The number of morpholine rings is 1. The number of hydrogen-bond acceptors (Lipinski definition) is 2. The van der Waals surface area contributed by atoms with Crippen LogP contribution in [0, 0.1) is 0 Å². The molecule has 1 aliphatic rings. The number of ether oxygens (including phenoxy) is 1. The molecule has 0 radical (unpaired) electrons. The smallest absolute Gasteiger partial charge is 0.0672 e. The summed E-state index contributed by atoms with van der Waals surface area (Å²) in [5.74, 6) is 0. The molecule has 1 aliphatic heterocycles. The molecule has 1 heterocycles. The van der Waals surface area contributed by atoms with Crippen molar-refractivity contribution in [2.75, 3.05) is 19.7 Å². The van der Waals surface area contributed by atoms with Gasteiger partial charge in [0.25, 0.3) is 0 Å². The van der Waals surface area contributed by atoms with Crippen molar-refractivity contribution in [1.29, 1.82) is 0 Å². The van der Waals surface area contributed by atoms with Crippen molar-refractivity contribution < 1.29 is 25.8 Å². The zero-order valence-electron chi connectivity index (χ0n) is 9.02. The molecule has 1 fully saturated rings.